The maximum atomic E-state index is 13.2. The fraction of sp³-hybridized carbons (Fsp3) is 0.364. The number of carboxylic acid groups (broad SMARTS) is 1. The lowest BCUT2D eigenvalue weighted by atomic mass is 10.2. The number of aromatic carboxylic acids is 1. The molecule has 1 N–H and O–H groups in total. The Bertz CT molecular complexity index is 1060. The van der Waals surface area contributed by atoms with E-state index >= 15 is 0 Å². The van der Waals surface area contributed by atoms with Gasteiger partial charge in [0.05, 0.1) is 31.5 Å². The lowest BCUT2D eigenvalue weighted by Crippen LogP contribution is -2.24. The van der Waals surface area contributed by atoms with Gasteiger partial charge in [0.1, 0.15) is 17.6 Å². The Balaban J connectivity index is 1.56. The van der Waals surface area contributed by atoms with Crippen LogP contribution in [-0.2, 0) is 27.4 Å². The van der Waals surface area contributed by atoms with Gasteiger partial charge in [-0.1, -0.05) is 12.1 Å². The minimum Gasteiger partial charge on any atom is -0.477 e. The molecule has 3 aromatic rings. The number of halogens is 1. The zero-order chi connectivity index (χ0) is 21.3. The summed E-state index contributed by atoms with van der Waals surface area (Å²) in [7, 11) is 0. The minimum absolute atomic E-state index is 0.0300. The van der Waals surface area contributed by atoms with E-state index in [-0.39, 0.29) is 24.2 Å². The SMILES string of the molecule is CC1(C)OC[C@@H](COCc2cn(Cc3ccc(F)cc3)c3cnc(C(=O)O)cc23)O1. The highest BCUT2D eigenvalue weighted by Gasteiger charge is 2.32. The van der Waals surface area contributed by atoms with Gasteiger partial charge in [0.2, 0.25) is 0 Å². The number of hydrogen-bond acceptors (Lipinski definition) is 5. The topological polar surface area (TPSA) is 82.8 Å². The summed E-state index contributed by atoms with van der Waals surface area (Å²) in [5.41, 5.74) is 2.51. The van der Waals surface area contributed by atoms with Crippen LogP contribution in [-0.4, -0.2) is 45.7 Å². The number of nitrogens with zero attached hydrogens (tertiary/aromatic N) is 2. The number of carboxylic acids is 1. The number of pyridine rings is 1. The second-order valence-electron chi connectivity index (χ2n) is 7.77. The van der Waals surface area contributed by atoms with Crippen LogP contribution in [0.4, 0.5) is 4.39 Å². The summed E-state index contributed by atoms with van der Waals surface area (Å²) in [6.45, 7) is 5.33. The van der Waals surface area contributed by atoms with Crippen molar-refractivity contribution in [3.8, 4) is 0 Å². The first-order chi connectivity index (χ1) is 14.3. The van der Waals surface area contributed by atoms with Crippen molar-refractivity contribution in [3.63, 3.8) is 0 Å². The number of aromatic nitrogens is 2. The summed E-state index contributed by atoms with van der Waals surface area (Å²) in [5.74, 6) is -1.99. The minimum atomic E-state index is -1.09. The van der Waals surface area contributed by atoms with Gasteiger partial charge in [-0.15, -0.1) is 0 Å². The van der Waals surface area contributed by atoms with E-state index in [4.69, 9.17) is 14.2 Å². The summed E-state index contributed by atoms with van der Waals surface area (Å²) < 4.78 is 32.3. The predicted octanol–water partition coefficient (Wildman–Crippen LogP) is 3.59. The fourth-order valence-corrected chi connectivity index (χ4v) is 3.56. The summed E-state index contributed by atoms with van der Waals surface area (Å²) in [6, 6.07) is 7.81. The maximum Gasteiger partial charge on any atom is 0.354 e. The Hall–Kier alpha value is -2.81. The summed E-state index contributed by atoms with van der Waals surface area (Å²) in [5, 5.41) is 10.1. The predicted molar refractivity (Wildman–Crippen MR) is 107 cm³/mol. The third-order valence-electron chi connectivity index (χ3n) is 4.96. The number of ether oxygens (including phenoxy) is 3. The fourth-order valence-electron chi connectivity index (χ4n) is 3.56. The summed E-state index contributed by atoms with van der Waals surface area (Å²) in [4.78, 5) is 15.4. The Morgan fingerprint density at radius 1 is 1.37 bits per heavy atom. The molecule has 0 spiro atoms. The van der Waals surface area contributed by atoms with E-state index in [1.807, 2.05) is 24.6 Å². The van der Waals surface area contributed by atoms with Gasteiger partial charge in [0.15, 0.2) is 5.79 Å². The monoisotopic (exact) mass is 414 g/mol. The van der Waals surface area contributed by atoms with Crippen LogP contribution < -0.4 is 0 Å². The molecule has 8 heteroatoms. The average Bonchev–Trinajstić information content (AvgIpc) is 3.23. The molecule has 0 unspecified atom stereocenters. The van der Waals surface area contributed by atoms with Gasteiger partial charge in [0.25, 0.3) is 0 Å². The lowest BCUT2D eigenvalue weighted by Gasteiger charge is -2.17. The molecule has 0 saturated carbocycles. The molecule has 1 aliphatic rings. The van der Waals surface area contributed by atoms with E-state index in [0.29, 0.717) is 19.8 Å². The molecule has 1 fully saturated rings. The number of carbonyl (C=O) groups is 1. The van der Waals surface area contributed by atoms with Gasteiger partial charge in [-0.25, -0.2) is 14.2 Å². The number of fused-ring (bicyclic) bond motifs is 1. The molecule has 158 valence electrons. The van der Waals surface area contributed by atoms with Crippen LogP contribution in [0.5, 0.6) is 0 Å². The van der Waals surface area contributed by atoms with Crippen LogP contribution in [0.15, 0.2) is 42.7 Å². The van der Waals surface area contributed by atoms with Crippen LogP contribution in [0.25, 0.3) is 10.9 Å². The van der Waals surface area contributed by atoms with E-state index in [1.54, 1.807) is 24.4 Å². The van der Waals surface area contributed by atoms with E-state index in [1.165, 1.54) is 12.1 Å². The molecule has 7 nitrogen and oxygen atoms in total. The second kappa shape index (κ2) is 8.14. The summed E-state index contributed by atoms with van der Waals surface area (Å²) >= 11 is 0. The maximum absolute atomic E-state index is 13.2. The molecule has 30 heavy (non-hydrogen) atoms. The van der Waals surface area contributed by atoms with E-state index in [0.717, 1.165) is 22.0 Å². The van der Waals surface area contributed by atoms with Crippen molar-refractivity contribution in [2.45, 2.75) is 38.9 Å². The van der Waals surface area contributed by atoms with Gasteiger partial charge in [-0.2, -0.15) is 0 Å². The summed E-state index contributed by atoms with van der Waals surface area (Å²) in [6.07, 6.45) is 3.31. The van der Waals surface area contributed by atoms with Gasteiger partial charge in [-0.3, -0.25) is 0 Å². The van der Waals surface area contributed by atoms with Gasteiger partial charge in [0, 0.05) is 23.7 Å². The molecule has 0 bridgehead atoms. The first-order valence-electron chi connectivity index (χ1n) is 9.66. The normalized spacial score (nSPS) is 18.2. The smallest absolute Gasteiger partial charge is 0.354 e. The largest absolute Gasteiger partial charge is 0.477 e. The molecule has 0 amide bonds. The third kappa shape index (κ3) is 4.51. The first-order valence-corrected chi connectivity index (χ1v) is 9.66. The van der Waals surface area contributed by atoms with Crippen molar-refractivity contribution in [1.82, 2.24) is 9.55 Å². The third-order valence-corrected chi connectivity index (χ3v) is 4.96. The molecule has 3 heterocycles. The van der Waals surface area contributed by atoms with E-state index in [2.05, 4.69) is 4.98 Å². The number of benzene rings is 1. The first kappa shape index (κ1) is 20.5. The molecule has 4 rings (SSSR count). The molecule has 2 aromatic heterocycles. The lowest BCUT2D eigenvalue weighted by molar-refractivity contribution is -0.145. The van der Waals surface area contributed by atoms with Crippen molar-refractivity contribution in [2.24, 2.45) is 0 Å². The Morgan fingerprint density at radius 3 is 2.80 bits per heavy atom. The molecule has 0 aliphatic carbocycles. The molecule has 1 aromatic carbocycles. The van der Waals surface area contributed by atoms with Gasteiger partial charge >= 0.3 is 5.97 Å². The molecular weight excluding hydrogens is 391 g/mol. The van der Waals surface area contributed by atoms with Crippen LogP contribution in [0.2, 0.25) is 0 Å². The van der Waals surface area contributed by atoms with E-state index < -0.39 is 11.8 Å². The van der Waals surface area contributed by atoms with Crippen LogP contribution >= 0.6 is 0 Å². The zero-order valence-electron chi connectivity index (χ0n) is 16.8. The molecule has 1 atom stereocenters. The molecule has 0 radical (unpaired) electrons. The number of hydrogen-bond donors (Lipinski definition) is 1. The highest BCUT2D eigenvalue weighted by Crippen LogP contribution is 2.25. The zero-order valence-corrected chi connectivity index (χ0v) is 16.8. The average molecular weight is 414 g/mol. The van der Waals surface area contributed by atoms with Gasteiger partial charge < -0.3 is 23.9 Å². The van der Waals surface area contributed by atoms with Crippen molar-refractivity contribution in [2.75, 3.05) is 13.2 Å². The quantitative estimate of drug-likeness (QED) is 0.636. The van der Waals surface area contributed by atoms with Crippen LogP contribution in [0.3, 0.4) is 0 Å². The second-order valence-corrected chi connectivity index (χ2v) is 7.77. The van der Waals surface area contributed by atoms with Crippen molar-refractivity contribution in [3.05, 3.63) is 65.4 Å². The Morgan fingerprint density at radius 2 is 2.13 bits per heavy atom. The Kier molecular flexibility index (Phi) is 5.55. The molecule has 1 saturated heterocycles. The highest BCUT2D eigenvalue weighted by molar-refractivity contribution is 5.92. The van der Waals surface area contributed by atoms with Crippen LogP contribution in [0, 0.1) is 5.82 Å². The molecular formula is C22H23FN2O5. The van der Waals surface area contributed by atoms with Crippen molar-refractivity contribution in [1.29, 1.82) is 0 Å². The highest BCUT2D eigenvalue weighted by atomic mass is 19.1. The standard InChI is InChI=1S/C22H23FN2O5/c1-22(2)29-13-17(30-22)12-28-11-15-10-25(9-14-3-5-16(23)6-4-14)20-8-24-19(21(26)27)7-18(15)20/h3-8,10,17H,9,11-13H2,1-2H3,(H,26,27)/t17-/m1/s1. The van der Waals surface area contributed by atoms with Gasteiger partial charge in [-0.05, 0) is 37.6 Å². The van der Waals surface area contributed by atoms with Crippen molar-refractivity contribution < 1.29 is 28.5 Å². The molecule has 1 aliphatic heterocycles. The van der Waals surface area contributed by atoms with Crippen molar-refractivity contribution >= 4 is 16.9 Å². The number of rotatable bonds is 7. The van der Waals surface area contributed by atoms with E-state index in [9.17, 15) is 14.3 Å². The van der Waals surface area contributed by atoms with Crippen LogP contribution in [0.1, 0.15) is 35.5 Å². The Labute approximate surface area is 173 Å².